The lowest BCUT2D eigenvalue weighted by molar-refractivity contribution is -0.138. The number of rotatable bonds is 21. The first kappa shape index (κ1) is 45.2. The number of H-pyrrole nitrogens is 1. The third-order valence-corrected chi connectivity index (χ3v) is 8.99. The molecule has 0 aliphatic heterocycles. The summed E-state index contributed by atoms with van der Waals surface area (Å²) in [5, 5.41) is 36.2. The fourth-order valence-corrected chi connectivity index (χ4v) is 5.60. The fraction of sp³-hybridized carbons (Fsp3) is 0.405. The second-order valence-electron chi connectivity index (χ2n) is 13.5. The van der Waals surface area contributed by atoms with E-state index < -0.39 is 97.2 Å². The van der Waals surface area contributed by atoms with Gasteiger partial charge in [-0.2, -0.15) is 12.6 Å². The van der Waals surface area contributed by atoms with E-state index in [0.29, 0.717) is 11.1 Å². The maximum atomic E-state index is 13.4. The molecule has 3 aromatic rings. The van der Waals surface area contributed by atoms with Crippen LogP contribution in [0.3, 0.4) is 0 Å². The van der Waals surface area contributed by atoms with Crippen molar-refractivity contribution in [1.29, 1.82) is 0 Å². The fourth-order valence-electron chi connectivity index (χ4n) is 5.34. The molecule has 0 fully saturated rings. The van der Waals surface area contributed by atoms with Crippen molar-refractivity contribution in [3.63, 3.8) is 0 Å². The van der Waals surface area contributed by atoms with Crippen LogP contribution in [0.1, 0.15) is 31.9 Å². The highest BCUT2D eigenvalue weighted by Crippen LogP contribution is 2.19. The third-order valence-electron chi connectivity index (χ3n) is 8.63. The molecular formula is C37H49N9O10S. The zero-order valence-electron chi connectivity index (χ0n) is 31.6. The molecule has 5 atom stereocenters. The Morgan fingerprint density at radius 1 is 0.684 bits per heavy atom. The van der Waals surface area contributed by atoms with E-state index in [9.17, 15) is 43.5 Å². The Labute approximate surface area is 333 Å². The van der Waals surface area contributed by atoms with E-state index in [1.165, 1.54) is 19.1 Å². The summed E-state index contributed by atoms with van der Waals surface area (Å²) in [7, 11) is 0. The van der Waals surface area contributed by atoms with E-state index in [4.69, 9.17) is 10.8 Å². The number of hydrogen-bond acceptors (Lipinski definition) is 11. The molecule has 12 N–H and O–H groups in total. The number of phenolic OH excluding ortho intramolecular Hbond substituents is 1. The van der Waals surface area contributed by atoms with Crippen molar-refractivity contribution in [2.45, 2.75) is 63.8 Å². The molecule has 0 radical (unpaired) electrons. The average Bonchev–Trinajstić information content (AvgIpc) is 3.59. The monoisotopic (exact) mass is 811 g/mol. The number of carboxylic acids is 1. The van der Waals surface area contributed by atoms with Gasteiger partial charge in [-0.1, -0.05) is 44.2 Å². The number of phenols is 1. The van der Waals surface area contributed by atoms with Gasteiger partial charge in [-0.3, -0.25) is 38.4 Å². The van der Waals surface area contributed by atoms with E-state index in [1.807, 2.05) is 18.2 Å². The van der Waals surface area contributed by atoms with Gasteiger partial charge in [0.15, 0.2) is 0 Å². The highest BCUT2D eigenvalue weighted by molar-refractivity contribution is 7.80. The van der Waals surface area contributed by atoms with Crippen LogP contribution in [-0.4, -0.2) is 118 Å². The summed E-state index contributed by atoms with van der Waals surface area (Å²) in [4.78, 5) is 104. The van der Waals surface area contributed by atoms with Crippen molar-refractivity contribution in [3.05, 3.63) is 65.9 Å². The molecular weight excluding hydrogens is 763 g/mol. The molecule has 0 unspecified atom stereocenters. The van der Waals surface area contributed by atoms with Crippen LogP contribution in [0.4, 0.5) is 0 Å². The molecule has 1 aromatic heterocycles. The summed E-state index contributed by atoms with van der Waals surface area (Å²) >= 11 is 4.01. The Kier molecular flexibility index (Phi) is 17.3. The Morgan fingerprint density at radius 2 is 1.23 bits per heavy atom. The highest BCUT2D eigenvalue weighted by Gasteiger charge is 2.29. The SMILES string of the molecule is CC(C)[C@H](N)C(=O)N[C@@H](Cc1ccc(O)cc1)C(=O)NCC(=O)N[C@@H](C)C(=O)N[C@@H](Cc1c[nH]c2ccccc12)C(=O)NCC(=O)N[C@@H](CS)C(=O)NCC(=O)O. The molecule has 0 saturated heterocycles. The van der Waals surface area contributed by atoms with Crippen molar-refractivity contribution in [3.8, 4) is 5.75 Å². The number of carboxylic acid groups (broad SMARTS) is 1. The predicted molar refractivity (Wildman–Crippen MR) is 211 cm³/mol. The number of aromatic hydroxyl groups is 1. The minimum atomic E-state index is -1.29. The van der Waals surface area contributed by atoms with Crippen molar-refractivity contribution < 1.29 is 48.6 Å². The van der Waals surface area contributed by atoms with Crippen LogP contribution in [0.2, 0.25) is 0 Å². The predicted octanol–water partition coefficient (Wildman–Crippen LogP) is -2.04. The first-order valence-electron chi connectivity index (χ1n) is 17.9. The number of carbonyl (C=O) groups is 8. The molecule has 0 saturated carbocycles. The minimum absolute atomic E-state index is 0.00959. The second kappa shape index (κ2) is 21.8. The molecule has 1 heterocycles. The number of aromatic nitrogens is 1. The molecule has 57 heavy (non-hydrogen) atoms. The van der Waals surface area contributed by atoms with Crippen LogP contribution in [0.15, 0.2) is 54.7 Å². The van der Waals surface area contributed by atoms with E-state index in [2.05, 4.69) is 54.8 Å². The number of para-hydroxylation sites is 1. The highest BCUT2D eigenvalue weighted by atomic mass is 32.1. The van der Waals surface area contributed by atoms with Crippen molar-refractivity contribution >= 4 is 70.9 Å². The van der Waals surface area contributed by atoms with E-state index in [1.54, 1.807) is 38.2 Å². The number of amides is 7. The summed E-state index contributed by atoms with van der Waals surface area (Å²) in [6.45, 7) is 2.99. The van der Waals surface area contributed by atoms with Gasteiger partial charge in [0.1, 0.15) is 36.5 Å². The van der Waals surface area contributed by atoms with Gasteiger partial charge in [0.2, 0.25) is 41.4 Å². The maximum Gasteiger partial charge on any atom is 0.322 e. The molecule has 2 aromatic carbocycles. The summed E-state index contributed by atoms with van der Waals surface area (Å²) in [5.41, 5.74) is 8.00. The number of aromatic amines is 1. The van der Waals surface area contributed by atoms with Crippen LogP contribution >= 0.6 is 12.6 Å². The van der Waals surface area contributed by atoms with Crippen molar-refractivity contribution in [2.75, 3.05) is 25.4 Å². The van der Waals surface area contributed by atoms with Gasteiger partial charge < -0.3 is 58.1 Å². The van der Waals surface area contributed by atoms with Gasteiger partial charge in [-0.15, -0.1) is 0 Å². The topological polar surface area (TPSA) is 303 Å². The number of benzene rings is 2. The molecule has 0 bridgehead atoms. The molecule has 308 valence electrons. The van der Waals surface area contributed by atoms with Crippen molar-refractivity contribution in [1.82, 2.24) is 42.2 Å². The van der Waals surface area contributed by atoms with Crippen LogP contribution in [0.5, 0.6) is 5.75 Å². The van der Waals surface area contributed by atoms with E-state index in [-0.39, 0.29) is 30.3 Å². The van der Waals surface area contributed by atoms with Crippen molar-refractivity contribution in [2.24, 2.45) is 11.7 Å². The van der Waals surface area contributed by atoms with Gasteiger partial charge in [0.25, 0.3) is 0 Å². The smallest absolute Gasteiger partial charge is 0.322 e. The molecule has 0 spiro atoms. The zero-order valence-corrected chi connectivity index (χ0v) is 32.5. The molecule has 3 rings (SSSR count). The average molecular weight is 812 g/mol. The standard InChI is InChI=1S/C37H49N9O10S/c1-19(2)32(38)37(56)46-26(12-21-8-10-23(47)11-9-21)34(53)40-15-29(48)43-20(3)33(52)45-27(13-22-14-39-25-7-5-4-6-24(22)25)35(54)41-16-30(49)44-28(18-57)36(55)42-17-31(50)51/h4-11,14,19-20,26-28,32,39,47,57H,12-13,15-18,38H2,1-3H3,(H,40,53)(H,41,54)(H,42,55)(H,43,48)(H,44,49)(H,45,52)(H,46,56)(H,50,51)/t20-,26-,27-,28-,32-/m0/s1. The number of fused-ring (bicyclic) bond motifs is 1. The Morgan fingerprint density at radius 3 is 1.82 bits per heavy atom. The number of hydrogen-bond donors (Lipinski definition) is 12. The first-order valence-corrected chi connectivity index (χ1v) is 18.6. The molecule has 7 amide bonds. The lowest BCUT2D eigenvalue weighted by atomic mass is 10.0. The maximum absolute atomic E-state index is 13.4. The summed E-state index contributed by atoms with van der Waals surface area (Å²) < 4.78 is 0. The van der Waals surface area contributed by atoms with Crippen LogP contribution < -0.4 is 43.0 Å². The summed E-state index contributed by atoms with van der Waals surface area (Å²) in [5.74, 6) is -6.84. The number of aliphatic carboxylic acids is 1. The lowest BCUT2D eigenvalue weighted by Gasteiger charge is -2.23. The third kappa shape index (κ3) is 14.5. The molecule has 20 heteroatoms. The van der Waals surface area contributed by atoms with Crippen LogP contribution in [0, 0.1) is 5.92 Å². The quantitative estimate of drug-likeness (QED) is 0.0521. The Bertz CT molecular complexity index is 1920. The van der Waals surface area contributed by atoms with E-state index in [0.717, 1.165) is 10.9 Å². The lowest BCUT2D eigenvalue weighted by Crippen LogP contribution is -2.57. The van der Waals surface area contributed by atoms with E-state index >= 15 is 0 Å². The van der Waals surface area contributed by atoms with Crippen LogP contribution in [-0.2, 0) is 51.2 Å². The number of carbonyl (C=O) groups excluding carboxylic acids is 7. The molecule has 0 aliphatic carbocycles. The van der Waals surface area contributed by atoms with Gasteiger partial charge >= 0.3 is 5.97 Å². The largest absolute Gasteiger partial charge is 0.508 e. The summed E-state index contributed by atoms with van der Waals surface area (Å²) in [6.07, 6.45) is 1.65. The van der Waals surface area contributed by atoms with Gasteiger partial charge in [0.05, 0.1) is 19.1 Å². The van der Waals surface area contributed by atoms with Gasteiger partial charge in [0, 0.05) is 35.7 Å². The first-order chi connectivity index (χ1) is 27.0. The Balaban J connectivity index is 1.65. The summed E-state index contributed by atoms with van der Waals surface area (Å²) in [6, 6.07) is 7.53. The van der Waals surface area contributed by atoms with Crippen LogP contribution in [0.25, 0.3) is 10.9 Å². The Hall–Kier alpha value is -6.15. The number of nitrogens with two attached hydrogens (primary N) is 1. The van der Waals surface area contributed by atoms with Gasteiger partial charge in [-0.05, 0) is 42.2 Å². The normalized spacial score (nSPS) is 13.6. The second-order valence-corrected chi connectivity index (χ2v) is 13.8. The number of thiol groups is 1. The minimum Gasteiger partial charge on any atom is -0.508 e. The zero-order chi connectivity index (χ0) is 42.2. The number of nitrogens with one attached hydrogen (secondary N) is 8. The molecule has 19 nitrogen and oxygen atoms in total. The molecule has 0 aliphatic rings. The van der Waals surface area contributed by atoms with Gasteiger partial charge in [-0.25, -0.2) is 0 Å².